The van der Waals surface area contributed by atoms with E-state index in [2.05, 4.69) is 25.0 Å². The molecule has 0 fully saturated rings. The van der Waals surface area contributed by atoms with Crippen molar-refractivity contribution in [2.24, 2.45) is 0 Å². The normalized spacial score (nSPS) is 11.6. The second-order valence-electron chi connectivity index (χ2n) is 7.21. The number of anilines is 1. The molecule has 0 saturated heterocycles. The van der Waals surface area contributed by atoms with Gasteiger partial charge in [-0.3, -0.25) is 4.79 Å². The van der Waals surface area contributed by atoms with Crippen LogP contribution in [-0.2, 0) is 17.4 Å². The van der Waals surface area contributed by atoms with Crippen molar-refractivity contribution in [2.75, 3.05) is 12.4 Å². The first-order valence-corrected chi connectivity index (χ1v) is 9.96. The Hall–Kier alpha value is -3.73. The molecule has 12 heteroatoms. The second kappa shape index (κ2) is 8.90. The van der Waals surface area contributed by atoms with Gasteiger partial charge in [0.05, 0.1) is 25.4 Å². The first kappa shape index (κ1) is 23.4. The zero-order valence-electron chi connectivity index (χ0n) is 17.2. The van der Waals surface area contributed by atoms with E-state index in [1.807, 2.05) is 0 Å². The highest BCUT2D eigenvalue weighted by Crippen LogP contribution is 2.36. The zero-order chi connectivity index (χ0) is 24.6. The number of nitrogens with zero attached hydrogens (tertiary/aromatic N) is 2. The molecule has 34 heavy (non-hydrogen) atoms. The number of benzene rings is 1. The van der Waals surface area contributed by atoms with Gasteiger partial charge in [-0.2, -0.15) is 13.2 Å². The fourth-order valence-electron chi connectivity index (χ4n) is 3.34. The number of rotatable bonds is 5. The first-order valence-electron chi connectivity index (χ1n) is 9.59. The van der Waals surface area contributed by atoms with E-state index in [0.717, 1.165) is 25.4 Å². The molecule has 0 radical (unpaired) electrons. The molecular weight excluding hydrogens is 483 g/mol. The van der Waals surface area contributed by atoms with Crippen molar-refractivity contribution < 1.29 is 31.5 Å². The summed E-state index contributed by atoms with van der Waals surface area (Å²) in [7, 11) is 1.03. The van der Waals surface area contributed by atoms with Gasteiger partial charge in [-0.05, 0) is 30.3 Å². The van der Waals surface area contributed by atoms with Gasteiger partial charge in [0.25, 0.3) is 0 Å². The van der Waals surface area contributed by atoms with Crippen molar-refractivity contribution in [1.29, 1.82) is 0 Å². The summed E-state index contributed by atoms with van der Waals surface area (Å²) in [6.07, 6.45) is -3.09. The highest BCUT2D eigenvalue weighted by Gasteiger charge is 2.35. The van der Waals surface area contributed by atoms with Gasteiger partial charge in [-0.25, -0.2) is 18.7 Å². The summed E-state index contributed by atoms with van der Waals surface area (Å²) in [5, 5.41) is 3.13. The van der Waals surface area contributed by atoms with Gasteiger partial charge in [0, 0.05) is 28.3 Å². The summed E-state index contributed by atoms with van der Waals surface area (Å²) in [4.78, 5) is 22.7. The summed E-state index contributed by atoms with van der Waals surface area (Å²) in [5.74, 6) is -3.21. The summed E-state index contributed by atoms with van der Waals surface area (Å²) in [6, 6.07) is 5.57. The number of ether oxygens (including phenoxy) is 1. The monoisotopic (exact) mass is 496 g/mol. The summed E-state index contributed by atoms with van der Waals surface area (Å²) in [5.41, 5.74) is -1.06. The number of carbonyl (C=O) groups excluding carboxylic acids is 1. The Balaban J connectivity index is 1.55. The summed E-state index contributed by atoms with van der Waals surface area (Å²) < 4.78 is 73.4. The van der Waals surface area contributed by atoms with E-state index in [-0.39, 0.29) is 16.8 Å². The molecular formula is C22H14ClF5N4O2. The molecule has 0 spiro atoms. The van der Waals surface area contributed by atoms with Gasteiger partial charge in [0.1, 0.15) is 28.0 Å². The average Bonchev–Trinajstić information content (AvgIpc) is 3.14. The quantitative estimate of drug-likeness (QED) is 0.344. The van der Waals surface area contributed by atoms with Crippen LogP contribution in [0, 0.1) is 11.6 Å². The number of hydrogen-bond donors (Lipinski definition) is 2. The minimum atomic E-state index is -4.77. The van der Waals surface area contributed by atoms with Crippen LogP contribution in [0.5, 0.6) is 5.88 Å². The van der Waals surface area contributed by atoms with Crippen molar-refractivity contribution in [3.8, 4) is 17.0 Å². The molecule has 0 saturated carbocycles. The van der Waals surface area contributed by atoms with E-state index in [1.165, 1.54) is 6.20 Å². The van der Waals surface area contributed by atoms with Crippen LogP contribution < -0.4 is 10.1 Å². The molecule has 4 rings (SSSR count). The molecule has 0 bridgehead atoms. The number of methoxy groups -OCH3 is 1. The van der Waals surface area contributed by atoms with Crippen molar-refractivity contribution in [3.05, 3.63) is 70.6 Å². The molecule has 1 aromatic carbocycles. The van der Waals surface area contributed by atoms with E-state index in [9.17, 15) is 26.7 Å². The molecule has 6 nitrogen and oxygen atoms in total. The fraction of sp³-hybridized carbons (Fsp3) is 0.136. The Morgan fingerprint density at radius 3 is 2.56 bits per heavy atom. The van der Waals surface area contributed by atoms with Crippen molar-refractivity contribution in [3.63, 3.8) is 0 Å². The first-order chi connectivity index (χ1) is 16.0. The van der Waals surface area contributed by atoms with Crippen LogP contribution in [0.25, 0.3) is 22.2 Å². The van der Waals surface area contributed by atoms with Gasteiger partial charge in [0.2, 0.25) is 11.8 Å². The highest BCUT2D eigenvalue weighted by atomic mass is 35.5. The Morgan fingerprint density at radius 2 is 1.85 bits per heavy atom. The number of halogens is 6. The molecule has 4 aromatic rings. The number of pyridine rings is 2. The van der Waals surface area contributed by atoms with Crippen molar-refractivity contribution in [1.82, 2.24) is 15.0 Å². The number of amides is 1. The van der Waals surface area contributed by atoms with E-state index < -0.39 is 41.6 Å². The largest absolute Gasteiger partial charge is 0.481 e. The number of alkyl halides is 3. The SMILES string of the molecule is COc1ncc(NC(=O)Cc2cc(F)c(-c3cnc4[nH]c(Cl)cc4c3)cc2F)cc1C(F)(F)F. The van der Waals surface area contributed by atoms with E-state index in [1.54, 1.807) is 12.1 Å². The standard InChI is InChI=1S/C22H14ClF5N4O2/c1-34-21-15(22(26,27)28)6-13(9-30-21)31-19(33)5-10-3-17(25)14(7-16(10)24)12-2-11-4-18(23)32-20(11)29-8-12/h2-4,6-9H,5H2,1H3,(H,29,32)(H,31,33). The lowest BCUT2D eigenvalue weighted by atomic mass is 10.0. The average molecular weight is 497 g/mol. The maximum Gasteiger partial charge on any atom is 0.421 e. The number of aromatic nitrogens is 3. The molecule has 0 unspecified atom stereocenters. The summed E-state index contributed by atoms with van der Waals surface area (Å²) in [6.45, 7) is 0. The van der Waals surface area contributed by atoms with Crippen molar-refractivity contribution in [2.45, 2.75) is 12.6 Å². The number of H-pyrrole nitrogens is 1. The van der Waals surface area contributed by atoms with Crippen LogP contribution in [0.4, 0.5) is 27.6 Å². The predicted octanol–water partition coefficient (Wildman–Crippen LogP) is 5.77. The molecule has 0 atom stereocenters. The molecule has 1 amide bonds. The third kappa shape index (κ3) is 4.79. The fourth-order valence-corrected chi connectivity index (χ4v) is 3.55. The molecule has 3 heterocycles. The zero-order valence-corrected chi connectivity index (χ0v) is 18.0. The number of nitrogens with one attached hydrogen (secondary N) is 2. The van der Waals surface area contributed by atoms with Crippen LogP contribution in [0.2, 0.25) is 5.15 Å². The van der Waals surface area contributed by atoms with Gasteiger partial charge in [-0.1, -0.05) is 11.6 Å². The topological polar surface area (TPSA) is 79.9 Å². The molecule has 2 N–H and O–H groups in total. The summed E-state index contributed by atoms with van der Waals surface area (Å²) >= 11 is 5.88. The maximum atomic E-state index is 14.8. The van der Waals surface area contributed by atoms with E-state index >= 15 is 0 Å². The number of fused-ring (bicyclic) bond motifs is 1. The number of carbonyl (C=O) groups is 1. The van der Waals surface area contributed by atoms with Crippen LogP contribution in [0.3, 0.4) is 0 Å². The molecule has 0 aliphatic heterocycles. The Labute approximate surface area is 193 Å². The Bertz CT molecular complexity index is 1400. The van der Waals surface area contributed by atoms with Gasteiger partial charge < -0.3 is 15.0 Å². The smallest absolute Gasteiger partial charge is 0.421 e. The van der Waals surface area contributed by atoms with Crippen LogP contribution >= 0.6 is 11.6 Å². The minimum absolute atomic E-state index is 0.0810. The third-order valence-corrected chi connectivity index (χ3v) is 5.07. The third-order valence-electron chi connectivity index (χ3n) is 4.87. The Morgan fingerprint density at radius 1 is 1.09 bits per heavy atom. The second-order valence-corrected chi connectivity index (χ2v) is 7.61. The minimum Gasteiger partial charge on any atom is -0.481 e. The van der Waals surface area contributed by atoms with Crippen LogP contribution in [-0.4, -0.2) is 28.0 Å². The number of aromatic amines is 1. The highest BCUT2D eigenvalue weighted by molar-refractivity contribution is 6.30. The molecule has 176 valence electrons. The lowest BCUT2D eigenvalue weighted by Crippen LogP contribution is -2.17. The Kier molecular flexibility index (Phi) is 6.13. The molecule has 3 aromatic heterocycles. The number of hydrogen-bond acceptors (Lipinski definition) is 4. The van der Waals surface area contributed by atoms with Gasteiger partial charge in [0.15, 0.2) is 0 Å². The van der Waals surface area contributed by atoms with Crippen molar-refractivity contribution >= 4 is 34.2 Å². The van der Waals surface area contributed by atoms with Crippen LogP contribution in [0.15, 0.2) is 42.7 Å². The lowest BCUT2D eigenvalue weighted by molar-refractivity contribution is -0.139. The lowest BCUT2D eigenvalue weighted by Gasteiger charge is -2.13. The predicted molar refractivity (Wildman–Crippen MR) is 115 cm³/mol. The molecule has 0 aliphatic carbocycles. The molecule has 0 aliphatic rings. The van der Waals surface area contributed by atoms with Gasteiger partial charge >= 0.3 is 6.18 Å². The van der Waals surface area contributed by atoms with Gasteiger partial charge in [-0.15, -0.1) is 0 Å². The maximum absolute atomic E-state index is 14.8. The van der Waals surface area contributed by atoms with E-state index in [0.29, 0.717) is 27.8 Å². The van der Waals surface area contributed by atoms with Crippen LogP contribution in [0.1, 0.15) is 11.1 Å². The van der Waals surface area contributed by atoms with E-state index in [4.69, 9.17) is 11.6 Å².